The van der Waals surface area contributed by atoms with Gasteiger partial charge in [-0.05, 0) is 0 Å². The molecule has 18 heavy (non-hydrogen) atoms. The van der Waals surface area contributed by atoms with Crippen molar-refractivity contribution in [2.45, 2.75) is 24.4 Å². The average Bonchev–Trinajstić information content (AvgIpc) is 2.65. The minimum absolute atomic E-state index is 0.136. The second-order valence-electron chi connectivity index (χ2n) is 4.00. The van der Waals surface area contributed by atoms with Gasteiger partial charge in [-0.15, -0.1) is 0 Å². The Hall–Kier alpha value is -1.48. The van der Waals surface area contributed by atoms with E-state index < -0.39 is 42.3 Å². The van der Waals surface area contributed by atoms with E-state index in [9.17, 15) is 14.7 Å². The smallest absolute Gasteiger partial charge is 0.325 e. The molecule has 1 aromatic rings. The molecule has 100 valence electrons. The van der Waals surface area contributed by atoms with Crippen LogP contribution in [-0.2, 0) is 9.47 Å². The van der Waals surface area contributed by atoms with Gasteiger partial charge in [0.05, 0.1) is 12.2 Å². The van der Waals surface area contributed by atoms with E-state index in [2.05, 4.69) is 9.97 Å². The van der Waals surface area contributed by atoms with Crippen molar-refractivity contribution < 1.29 is 19.7 Å². The predicted octanol–water partition coefficient (Wildman–Crippen LogP) is -2.13. The zero-order chi connectivity index (χ0) is 13.3. The van der Waals surface area contributed by atoms with E-state index >= 15 is 0 Å². The maximum absolute atomic E-state index is 11.6. The Morgan fingerprint density at radius 1 is 1.50 bits per heavy atom. The highest BCUT2D eigenvalue weighted by atomic mass is 16.6. The van der Waals surface area contributed by atoms with E-state index in [1.165, 1.54) is 13.3 Å². The second kappa shape index (κ2) is 5.02. The molecule has 8 nitrogen and oxygen atoms in total. The Kier molecular flexibility index (Phi) is 3.62. The first-order chi connectivity index (χ1) is 8.58. The van der Waals surface area contributed by atoms with E-state index in [-0.39, 0.29) is 5.56 Å². The number of aliphatic hydroxyl groups is 2. The van der Waals surface area contributed by atoms with E-state index in [1.807, 2.05) is 0 Å². The highest BCUT2D eigenvalue weighted by Gasteiger charge is 2.45. The largest absolute Gasteiger partial charge is 0.394 e. The monoisotopic (exact) mass is 258 g/mol. The maximum atomic E-state index is 11.6. The number of hydrogen-bond donors (Lipinski definition) is 4. The van der Waals surface area contributed by atoms with Crippen molar-refractivity contribution >= 4 is 0 Å². The van der Waals surface area contributed by atoms with Crippen LogP contribution >= 0.6 is 0 Å². The fraction of sp³-hybridized carbons (Fsp3) is 0.600. The van der Waals surface area contributed by atoms with Crippen LogP contribution in [0.1, 0.15) is 11.7 Å². The SMILES string of the molecule is COC1C(O)[C@@H](CO)O[C@H]1c1c[nH]c(=O)[nH]c1=O. The minimum Gasteiger partial charge on any atom is -0.394 e. The van der Waals surface area contributed by atoms with Crippen LogP contribution in [0.5, 0.6) is 0 Å². The summed E-state index contributed by atoms with van der Waals surface area (Å²) in [4.78, 5) is 26.9. The van der Waals surface area contributed by atoms with Gasteiger partial charge in [-0.3, -0.25) is 9.78 Å². The maximum Gasteiger partial charge on any atom is 0.325 e. The van der Waals surface area contributed by atoms with Gasteiger partial charge in [0.25, 0.3) is 5.56 Å². The number of aromatic amines is 2. The third-order valence-corrected chi connectivity index (χ3v) is 2.94. The molecule has 0 bridgehead atoms. The molecule has 0 aromatic carbocycles. The molecular weight excluding hydrogens is 244 g/mol. The van der Waals surface area contributed by atoms with E-state index in [4.69, 9.17) is 14.6 Å². The Bertz CT molecular complexity index is 524. The molecule has 4 N–H and O–H groups in total. The van der Waals surface area contributed by atoms with Crippen molar-refractivity contribution in [2.75, 3.05) is 13.7 Å². The number of nitrogens with one attached hydrogen (secondary N) is 2. The molecule has 2 rings (SSSR count). The Labute approximate surface area is 101 Å². The zero-order valence-electron chi connectivity index (χ0n) is 9.62. The summed E-state index contributed by atoms with van der Waals surface area (Å²) < 4.78 is 10.4. The Morgan fingerprint density at radius 2 is 2.22 bits per heavy atom. The van der Waals surface area contributed by atoms with Gasteiger partial charge in [0, 0.05) is 13.3 Å². The van der Waals surface area contributed by atoms with Gasteiger partial charge in [0.2, 0.25) is 0 Å². The molecule has 0 saturated carbocycles. The van der Waals surface area contributed by atoms with Crippen molar-refractivity contribution in [3.05, 3.63) is 32.6 Å². The molecule has 8 heteroatoms. The summed E-state index contributed by atoms with van der Waals surface area (Å²) in [6.45, 7) is -0.390. The van der Waals surface area contributed by atoms with Gasteiger partial charge in [0.15, 0.2) is 0 Å². The summed E-state index contributed by atoms with van der Waals surface area (Å²) in [5, 5.41) is 18.9. The van der Waals surface area contributed by atoms with E-state index in [1.54, 1.807) is 0 Å². The predicted molar refractivity (Wildman–Crippen MR) is 59.2 cm³/mol. The number of aliphatic hydroxyl groups excluding tert-OH is 2. The van der Waals surface area contributed by atoms with Crippen LogP contribution in [-0.4, -0.2) is 52.2 Å². The van der Waals surface area contributed by atoms with Gasteiger partial charge in [-0.25, -0.2) is 4.79 Å². The van der Waals surface area contributed by atoms with Gasteiger partial charge >= 0.3 is 5.69 Å². The van der Waals surface area contributed by atoms with Gasteiger partial charge in [-0.2, -0.15) is 0 Å². The van der Waals surface area contributed by atoms with Crippen LogP contribution in [0.2, 0.25) is 0 Å². The molecule has 0 amide bonds. The summed E-state index contributed by atoms with van der Waals surface area (Å²) in [5.74, 6) is 0. The quantitative estimate of drug-likeness (QED) is 0.491. The fourth-order valence-corrected chi connectivity index (χ4v) is 2.03. The highest BCUT2D eigenvalue weighted by Crippen LogP contribution is 2.33. The first-order valence-electron chi connectivity index (χ1n) is 5.37. The van der Waals surface area contributed by atoms with Gasteiger partial charge in [-0.1, -0.05) is 0 Å². The second-order valence-corrected chi connectivity index (χ2v) is 4.00. The molecule has 1 aliphatic heterocycles. The Morgan fingerprint density at radius 3 is 2.78 bits per heavy atom. The number of H-pyrrole nitrogens is 2. The number of aromatic nitrogens is 2. The molecule has 0 spiro atoms. The van der Waals surface area contributed by atoms with E-state index in [0.717, 1.165) is 0 Å². The molecule has 1 saturated heterocycles. The summed E-state index contributed by atoms with van der Waals surface area (Å²) in [7, 11) is 1.36. The highest BCUT2D eigenvalue weighted by molar-refractivity contribution is 5.13. The molecule has 4 atom stereocenters. The van der Waals surface area contributed by atoms with Crippen LogP contribution in [0.15, 0.2) is 15.8 Å². The zero-order valence-corrected chi connectivity index (χ0v) is 9.62. The molecule has 1 aliphatic rings. The van der Waals surface area contributed by atoms with Crippen LogP contribution < -0.4 is 11.2 Å². The van der Waals surface area contributed by atoms with Crippen molar-refractivity contribution in [3.63, 3.8) is 0 Å². The molecule has 0 aliphatic carbocycles. The lowest BCUT2D eigenvalue weighted by atomic mass is 10.0. The number of methoxy groups -OCH3 is 1. The molecule has 2 heterocycles. The van der Waals surface area contributed by atoms with Gasteiger partial charge < -0.3 is 24.7 Å². The molecular formula is C10H14N2O6. The van der Waals surface area contributed by atoms with Crippen LogP contribution in [0.25, 0.3) is 0 Å². The molecule has 0 radical (unpaired) electrons. The molecule has 1 fully saturated rings. The lowest BCUT2D eigenvalue weighted by Crippen LogP contribution is -2.35. The lowest BCUT2D eigenvalue weighted by Gasteiger charge is -2.17. The third-order valence-electron chi connectivity index (χ3n) is 2.94. The first-order valence-corrected chi connectivity index (χ1v) is 5.37. The van der Waals surface area contributed by atoms with Crippen molar-refractivity contribution in [1.82, 2.24) is 9.97 Å². The first kappa shape index (κ1) is 13.0. The molecule has 1 aromatic heterocycles. The fourth-order valence-electron chi connectivity index (χ4n) is 2.03. The summed E-state index contributed by atoms with van der Waals surface area (Å²) in [6, 6.07) is 0. The van der Waals surface area contributed by atoms with Crippen LogP contribution in [0, 0.1) is 0 Å². The standard InChI is InChI=1S/C10H14N2O6/c1-17-8-6(14)5(3-13)18-7(8)4-2-11-10(16)12-9(4)15/h2,5-8,13-14H,3H2,1H3,(H2,11,12,15,16)/t5-,6?,7+,8?/m1/s1. The average molecular weight is 258 g/mol. The normalized spacial score (nSPS) is 31.7. The van der Waals surface area contributed by atoms with E-state index in [0.29, 0.717) is 0 Å². The van der Waals surface area contributed by atoms with Crippen molar-refractivity contribution in [1.29, 1.82) is 0 Å². The minimum atomic E-state index is -1.05. The summed E-state index contributed by atoms with van der Waals surface area (Å²) in [5.41, 5.74) is -1.11. The lowest BCUT2D eigenvalue weighted by molar-refractivity contribution is -0.0240. The Balaban J connectivity index is 2.38. The van der Waals surface area contributed by atoms with Gasteiger partial charge in [0.1, 0.15) is 24.4 Å². The van der Waals surface area contributed by atoms with Crippen molar-refractivity contribution in [3.8, 4) is 0 Å². The molecule has 2 unspecified atom stereocenters. The third kappa shape index (κ3) is 2.10. The number of ether oxygens (including phenoxy) is 2. The van der Waals surface area contributed by atoms with Crippen molar-refractivity contribution in [2.24, 2.45) is 0 Å². The summed E-state index contributed by atoms with van der Waals surface area (Å²) >= 11 is 0. The van der Waals surface area contributed by atoms with Crippen LogP contribution in [0.3, 0.4) is 0 Å². The number of rotatable bonds is 3. The number of hydrogen-bond acceptors (Lipinski definition) is 6. The van der Waals surface area contributed by atoms with Crippen LogP contribution in [0.4, 0.5) is 0 Å². The summed E-state index contributed by atoms with van der Waals surface area (Å²) in [6.07, 6.45) is -2.29. The topological polar surface area (TPSA) is 125 Å².